The van der Waals surface area contributed by atoms with Crippen molar-refractivity contribution in [2.45, 2.75) is 19.4 Å². The molecule has 6 heteroatoms. The van der Waals surface area contributed by atoms with Crippen LogP contribution in [0.4, 0.5) is 4.39 Å². The van der Waals surface area contributed by atoms with E-state index in [0.717, 1.165) is 0 Å². The fourth-order valence-electron chi connectivity index (χ4n) is 1.40. The van der Waals surface area contributed by atoms with Gasteiger partial charge in [0.25, 0.3) is 5.89 Å². The van der Waals surface area contributed by atoms with Crippen molar-refractivity contribution in [1.82, 2.24) is 10.1 Å². The molecule has 0 saturated heterocycles. The molecule has 0 amide bonds. The lowest BCUT2D eigenvalue weighted by molar-refractivity contribution is 0.420. The molecule has 1 atom stereocenters. The number of nitrogens with two attached hydrogens (primary N) is 1. The molecule has 0 aliphatic carbocycles. The molecule has 1 aromatic heterocycles. The van der Waals surface area contributed by atoms with E-state index in [4.69, 9.17) is 10.3 Å². The summed E-state index contributed by atoms with van der Waals surface area (Å²) in [6.07, 6.45) is 0.524. The first-order valence-electron chi connectivity index (χ1n) is 5.10. The van der Waals surface area contributed by atoms with Gasteiger partial charge in [-0.3, -0.25) is 0 Å². The molecule has 0 spiro atoms. The van der Waals surface area contributed by atoms with Crippen LogP contribution in [0.1, 0.15) is 12.7 Å². The van der Waals surface area contributed by atoms with Gasteiger partial charge in [-0.25, -0.2) is 4.39 Å². The highest BCUT2D eigenvalue weighted by Gasteiger charge is 2.14. The van der Waals surface area contributed by atoms with Crippen molar-refractivity contribution in [3.8, 4) is 11.5 Å². The first-order valence-corrected chi connectivity index (χ1v) is 5.89. The van der Waals surface area contributed by atoms with Crippen LogP contribution in [0.5, 0.6) is 0 Å². The maximum atomic E-state index is 13.3. The molecule has 0 aliphatic heterocycles. The average Bonchev–Trinajstić information content (AvgIpc) is 2.69. The van der Waals surface area contributed by atoms with E-state index in [1.807, 2.05) is 6.92 Å². The Hall–Kier alpha value is -1.27. The zero-order valence-corrected chi connectivity index (χ0v) is 10.7. The third-order valence-corrected chi connectivity index (χ3v) is 2.96. The number of hydrogen-bond donors (Lipinski definition) is 1. The van der Waals surface area contributed by atoms with E-state index in [9.17, 15) is 4.39 Å². The normalized spacial score (nSPS) is 12.7. The van der Waals surface area contributed by atoms with Gasteiger partial charge in [0.15, 0.2) is 5.82 Å². The summed E-state index contributed by atoms with van der Waals surface area (Å²) in [6.45, 7) is 1.86. The molecule has 2 aromatic rings. The molecule has 2 rings (SSSR count). The van der Waals surface area contributed by atoms with Gasteiger partial charge in [0, 0.05) is 12.5 Å². The van der Waals surface area contributed by atoms with Crippen LogP contribution in [-0.4, -0.2) is 16.2 Å². The van der Waals surface area contributed by atoms with E-state index in [0.29, 0.717) is 22.3 Å². The highest BCUT2D eigenvalue weighted by molar-refractivity contribution is 9.10. The lowest BCUT2D eigenvalue weighted by atomic mass is 10.2. The second kappa shape index (κ2) is 4.93. The van der Waals surface area contributed by atoms with E-state index in [-0.39, 0.29) is 17.7 Å². The second-order valence-electron chi connectivity index (χ2n) is 3.80. The van der Waals surface area contributed by atoms with Crippen molar-refractivity contribution in [1.29, 1.82) is 0 Å². The Morgan fingerprint density at radius 1 is 1.53 bits per heavy atom. The molecule has 4 nitrogen and oxygen atoms in total. The maximum Gasteiger partial charge on any atom is 0.259 e. The molecule has 0 aliphatic rings. The first-order chi connectivity index (χ1) is 8.08. The number of nitrogens with zero attached hydrogens (tertiary/aromatic N) is 2. The Kier molecular flexibility index (Phi) is 3.54. The maximum absolute atomic E-state index is 13.3. The quantitative estimate of drug-likeness (QED) is 0.946. The predicted octanol–water partition coefficient (Wildman–Crippen LogP) is 2.53. The van der Waals surface area contributed by atoms with Gasteiger partial charge < -0.3 is 10.3 Å². The van der Waals surface area contributed by atoms with Gasteiger partial charge in [-0.15, -0.1) is 0 Å². The Morgan fingerprint density at radius 3 is 3.00 bits per heavy atom. The van der Waals surface area contributed by atoms with Gasteiger partial charge in [-0.2, -0.15) is 4.98 Å². The van der Waals surface area contributed by atoms with Crippen LogP contribution in [0, 0.1) is 5.82 Å². The van der Waals surface area contributed by atoms with Crippen molar-refractivity contribution in [3.05, 3.63) is 34.3 Å². The monoisotopic (exact) mass is 299 g/mol. The van der Waals surface area contributed by atoms with Gasteiger partial charge in [0.1, 0.15) is 5.82 Å². The Balaban J connectivity index is 2.34. The largest absolute Gasteiger partial charge is 0.334 e. The SMILES string of the molecule is CC(N)Cc1noc(-c2cccc(F)c2Br)n1. The van der Waals surface area contributed by atoms with Crippen LogP contribution >= 0.6 is 15.9 Å². The van der Waals surface area contributed by atoms with Crippen LogP contribution < -0.4 is 5.73 Å². The smallest absolute Gasteiger partial charge is 0.259 e. The summed E-state index contributed by atoms with van der Waals surface area (Å²) in [6, 6.07) is 4.60. The zero-order chi connectivity index (χ0) is 12.4. The molecule has 2 N–H and O–H groups in total. The fraction of sp³-hybridized carbons (Fsp3) is 0.273. The van der Waals surface area contributed by atoms with Crippen LogP contribution in [0.15, 0.2) is 27.2 Å². The summed E-state index contributed by atoms with van der Waals surface area (Å²) in [5, 5.41) is 3.79. The summed E-state index contributed by atoms with van der Waals surface area (Å²) in [4.78, 5) is 4.17. The van der Waals surface area contributed by atoms with E-state index < -0.39 is 0 Å². The van der Waals surface area contributed by atoms with E-state index in [2.05, 4.69) is 26.1 Å². The summed E-state index contributed by atoms with van der Waals surface area (Å²) < 4.78 is 18.7. The molecule has 17 heavy (non-hydrogen) atoms. The molecule has 0 bridgehead atoms. The van der Waals surface area contributed by atoms with Crippen molar-refractivity contribution in [2.75, 3.05) is 0 Å². The van der Waals surface area contributed by atoms with Gasteiger partial charge in [-0.05, 0) is 35.0 Å². The van der Waals surface area contributed by atoms with Crippen molar-refractivity contribution in [2.24, 2.45) is 5.73 Å². The van der Waals surface area contributed by atoms with Crippen molar-refractivity contribution < 1.29 is 8.91 Å². The number of aromatic nitrogens is 2. The molecule has 0 saturated carbocycles. The summed E-state index contributed by atoms with van der Waals surface area (Å²) in [5.74, 6) is 0.438. The average molecular weight is 300 g/mol. The molecule has 90 valence electrons. The van der Waals surface area contributed by atoms with E-state index in [1.54, 1.807) is 12.1 Å². The van der Waals surface area contributed by atoms with Crippen LogP contribution in [0.2, 0.25) is 0 Å². The molecular formula is C11H11BrFN3O. The number of benzene rings is 1. The highest BCUT2D eigenvalue weighted by Crippen LogP contribution is 2.28. The number of hydrogen-bond acceptors (Lipinski definition) is 4. The zero-order valence-electron chi connectivity index (χ0n) is 9.15. The predicted molar refractivity (Wildman–Crippen MR) is 64.7 cm³/mol. The third kappa shape index (κ3) is 2.70. The topological polar surface area (TPSA) is 64.9 Å². The minimum atomic E-state index is -0.366. The number of halogens is 2. The minimum Gasteiger partial charge on any atom is -0.334 e. The van der Waals surface area contributed by atoms with Crippen molar-refractivity contribution in [3.63, 3.8) is 0 Å². The highest BCUT2D eigenvalue weighted by atomic mass is 79.9. The summed E-state index contributed by atoms with van der Waals surface area (Å²) in [7, 11) is 0. The first kappa shape index (κ1) is 12.2. The van der Waals surface area contributed by atoms with Gasteiger partial charge >= 0.3 is 0 Å². The standard InChI is InChI=1S/C11H11BrFN3O/c1-6(14)5-9-15-11(17-16-9)7-3-2-4-8(13)10(7)12/h2-4,6H,5,14H2,1H3. The molecule has 1 aromatic carbocycles. The second-order valence-corrected chi connectivity index (χ2v) is 4.59. The summed E-state index contributed by atoms with van der Waals surface area (Å²) >= 11 is 3.15. The fourth-order valence-corrected chi connectivity index (χ4v) is 1.84. The van der Waals surface area contributed by atoms with Gasteiger partial charge in [-0.1, -0.05) is 11.2 Å². The summed E-state index contributed by atoms with van der Waals surface area (Å²) in [5.41, 5.74) is 6.17. The lowest BCUT2D eigenvalue weighted by Crippen LogP contribution is -2.18. The van der Waals surface area contributed by atoms with E-state index in [1.165, 1.54) is 6.07 Å². The van der Waals surface area contributed by atoms with Crippen LogP contribution in [0.25, 0.3) is 11.5 Å². The molecule has 1 unspecified atom stereocenters. The van der Waals surface area contributed by atoms with E-state index >= 15 is 0 Å². The third-order valence-electron chi connectivity index (χ3n) is 2.15. The van der Waals surface area contributed by atoms with Crippen molar-refractivity contribution >= 4 is 15.9 Å². The Morgan fingerprint density at radius 2 is 2.29 bits per heavy atom. The number of rotatable bonds is 3. The molecule has 0 radical (unpaired) electrons. The molecule has 0 fully saturated rings. The molecule has 1 heterocycles. The molecular weight excluding hydrogens is 289 g/mol. The lowest BCUT2D eigenvalue weighted by Gasteiger charge is -1.99. The van der Waals surface area contributed by atoms with Crippen LogP contribution in [-0.2, 0) is 6.42 Å². The van der Waals surface area contributed by atoms with Gasteiger partial charge in [0.05, 0.1) is 10.0 Å². The Labute approximate surface area is 106 Å². The van der Waals surface area contributed by atoms with Gasteiger partial charge in [0.2, 0.25) is 0 Å². The minimum absolute atomic E-state index is 0.0450. The van der Waals surface area contributed by atoms with Crippen LogP contribution in [0.3, 0.4) is 0 Å². The Bertz CT molecular complexity index is 527.